The van der Waals surface area contributed by atoms with Crippen molar-refractivity contribution in [1.82, 2.24) is 20.8 Å². The standard InChI is InChI=1S/C17H24ClN5O2.HI/c1-17(2,24-4)11-21-16(19-3)20-9-8-14-22-15(23-25-14)12-6-5-7-13(18)10-12;/h5-7,10H,8-9,11H2,1-4H3,(H2,19,20,21);1H. The topological polar surface area (TPSA) is 84.6 Å². The zero-order valence-electron chi connectivity index (χ0n) is 15.4. The summed E-state index contributed by atoms with van der Waals surface area (Å²) >= 11 is 5.98. The monoisotopic (exact) mass is 493 g/mol. The SMILES string of the molecule is CN=C(NCCc1nc(-c2cccc(Cl)c2)no1)NCC(C)(C)OC.I. The van der Waals surface area contributed by atoms with Gasteiger partial charge in [-0.3, -0.25) is 4.99 Å². The van der Waals surface area contributed by atoms with Crippen molar-refractivity contribution >= 4 is 41.5 Å². The van der Waals surface area contributed by atoms with Crippen molar-refractivity contribution in [2.75, 3.05) is 27.2 Å². The predicted molar refractivity (Wildman–Crippen MR) is 114 cm³/mol. The highest BCUT2D eigenvalue weighted by atomic mass is 127. The van der Waals surface area contributed by atoms with Gasteiger partial charge in [0.1, 0.15) is 0 Å². The largest absolute Gasteiger partial charge is 0.377 e. The minimum absolute atomic E-state index is 0. The first-order chi connectivity index (χ1) is 11.9. The highest BCUT2D eigenvalue weighted by Crippen LogP contribution is 2.19. The fraction of sp³-hybridized carbons (Fsp3) is 0.471. The number of benzene rings is 1. The van der Waals surface area contributed by atoms with E-state index in [0.717, 1.165) is 5.56 Å². The van der Waals surface area contributed by atoms with Gasteiger partial charge in [0.25, 0.3) is 0 Å². The molecule has 0 unspecified atom stereocenters. The van der Waals surface area contributed by atoms with Gasteiger partial charge in [0.05, 0.1) is 5.60 Å². The van der Waals surface area contributed by atoms with Gasteiger partial charge in [-0.15, -0.1) is 24.0 Å². The van der Waals surface area contributed by atoms with Gasteiger partial charge in [-0.05, 0) is 26.0 Å². The predicted octanol–water partition coefficient (Wildman–Crippen LogP) is 3.14. The molecule has 0 amide bonds. The molecule has 0 saturated carbocycles. The second-order valence-electron chi connectivity index (χ2n) is 6.09. The number of guanidine groups is 1. The van der Waals surface area contributed by atoms with Gasteiger partial charge >= 0.3 is 0 Å². The summed E-state index contributed by atoms with van der Waals surface area (Å²) in [4.78, 5) is 8.56. The van der Waals surface area contributed by atoms with Crippen LogP contribution in [0.5, 0.6) is 0 Å². The third kappa shape index (κ3) is 7.08. The smallest absolute Gasteiger partial charge is 0.228 e. The molecule has 0 aliphatic carbocycles. The molecule has 0 atom stereocenters. The lowest BCUT2D eigenvalue weighted by molar-refractivity contribution is 0.0268. The van der Waals surface area contributed by atoms with Crippen LogP contribution in [0.3, 0.4) is 0 Å². The number of hydrogen-bond acceptors (Lipinski definition) is 5. The lowest BCUT2D eigenvalue weighted by Crippen LogP contribution is -2.45. The quantitative estimate of drug-likeness (QED) is 0.350. The summed E-state index contributed by atoms with van der Waals surface area (Å²) in [5.41, 5.74) is 0.561. The van der Waals surface area contributed by atoms with Gasteiger partial charge in [0.15, 0.2) is 5.96 Å². The van der Waals surface area contributed by atoms with Crippen LogP contribution in [0, 0.1) is 0 Å². The van der Waals surface area contributed by atoms with Gasteiger partial charge in [-0.1, -0.05) is 28.9 Å². The average Bonchev–Trinajstić information content (AvgIpc) is 3.07. The summed E-state index contributed by atoms with van der Waals surface area (Å²) in [6.45, 7) is 5.26. The molecule has 0 radical (unpaired) electrons. The van der Waals surface area contributed by atoms with E-state index >= 15 is 0 Å². The molecule has 1 aromatic heterocycles. The third-order valence-corrected chi connectivity index (χ3v) is 3.88. The Morgan fingerprint density at radius 1 is 1.35 bits per heavy atom. The van der Waals surface area contributed by atoms with Crippen LogP contribution >= 0.6 is 35.6 Å². The van der Waals surface area contributed by atoms with E-state index in [0.29, 0.717) is 42.2 Å². The lowest BCUT2D eigenvalue weighted by atomic mass is 10.1. The molecule has 2 aromatic rings. The molecule has 0 aliphatic rings. The van der Waals surface area contributed by atoms with Gasteiger partial charge in [-0.2, -0.15) is 4.98 Å². The van der Waals surface area contributed by atoms with Crippen molar-refractivity contribution in [3.63, 3.8) is 0 Å². The molecule has 9 heteroatoms. The van der Waals surface area contributed by atoms with E-state index < -0.39 is 0 Å². The molecular formula is C17H25ClIN5O2. The van der Waals surface area contributed by atoms with Crippen LogP contribution in [0.25, 0.3) is 11.4 Å². The Hall–Kier alpha value is -1.39. The highest BCUT2D eigenvalue weighted by molar-refractivity contribution is 14.0. The van der Waals surface area contributed by atoms with Crippen LogP contribution in [0.15, 0.2) is 33.8 Å². The second-order valence-corrected chi connectivity index (χ2v) is 6.52. The van der Waals surface area contributed by atoms with Crippen molar-refractivity contribution in [2.24, 2.45) is 4.99 Å². The molecule has 0 fully saturated rings. The number of hydrogen-bond donors (Lipinski definition) is 2. The second kappa shape index (κ2) is 10.7. The van der Waals surface area contributed by atoms with E-state index in [-0.39, 0.29) is 29.6 Å². The molecule has 2 rings (SSSR count). The number of methoxy groups -OCH3 is 1. The fourth-order valence-corrected chi connectivity index (χ4v) is 2.17. The molecule has 7 nitrogen and oxygen atoms in total. The molecule has 0 spiro atoms. The Balaban J connectivity index is 0.00000338. The van der Waals surface area contributed by atoms with Crippen molar-refractivity contribution in [2.45, 2.75) is 25.9 Å². The molecular weight excluding hydrogens is 469 g/mol. The maximum atomic E-state index is 5.98. The Kier molecular flexibility index (Phi) is 9.31. The number of nitrogens with one attached hydrogen (secondary N) is 2. The van der Waals surface area contributed by atoms with E-state index in [2.05, 4.69) is 25.8 Å². The number of aliphatic imine (C=N–C) groups is 1. The molecule has 26 heavy (non-hydrogen) atoms. The normalized spacial score (nSPS) is 11.8. The lowest BCUT2D eigenvalue weighted by Gasteiger charge is -2.24. The maximum absolute atomic E-state index is 5.98. The molecule has 1 aromatic carbocycles. The van der Waals surface area contributed by atoms with Crippen LogP contribution < -0.4 is 10.6 Å². The Labute approximate surface area is 176 Å². The van der Waals surface area contributed by atoms with E-state index in [9.17, 15) is 0 Å². The Bertz CT molecular complexity index is 721. The molecule has 2 N–H and O–H groups in total. The van der Waals surface area contributed by atoms with Crippen molar-refractivity contribution in [1.29, 1.82) is 0 Å². The highest BCUT2D eigenvalue weighted by Gasteiger charge is 2.16. The van der Waals surface area contributed by atoms with E-state index in [1.54, 1.807) is 26.3 Å². The van der Waals surface area contributed by atoms with Gasteiger partial charge in [0.2, 0.25) is 11.7 Å². The van der Waals surface area contributed by atoms with Gasteiger partial charge in [0, 0.05) is 44.3 Å². The number of halogens is 2. The zero-order chi connectivity index (χ0) is 18.3. The van der Waals surface area contributed by atoms with E-state index in [1.165, 1.54) is 0 Å². The average molecular weight is 494 g/mol. The van der Waals surface area contributed by atoms with Crippen molar-refractivity contribution < 1.29 is 9.26 Å². The molecule has 144 valence electrons. The van der Waals surface area contributed by atoms with Crippen molar-refractivity contribution in [3.8, 4) is 11.4 Å². The first kappa shape index (κ1) is 22.7. The molecule has 0 aliphatic heterocycles. The summed E-state index contributed by atoms with van der Waals surface area (Å²) in [7, 11) is 3.41. The van der Waals surface area contributed by atoms with Crippen LogP contribution in [0.2, 0.25) is 5.02 Å². The first-order valence-corrected chi connectivity index (χ1v) is 8.39. The van der Waals surface area contributed by atoms with Crippen LogP contribution in [0.1, 0.15) is 19.7 Å². The molecule has 1 heterocycles. The summed E-state index contributed by atoms with van der Waals surface area (Å²) in [6, 6.07) is 7.35. The van der Waals surface area contributed by atoms with E-state index in [4.69, 9.17) is 20.9 Å². The molecule has 0 saturated heterocycles. The van der Waals surface area contributed by atoms with E-state index in [1.807, 2.05) is 26.0 Å². The first-order valence-electron chi connectivity index (χ1n) is 8.02. The Morgan fingerprint density at radius 3 is 2.77 bits per heavy atom. The van der Waals surface area contributed by atoms with Crippen LogP contribution in [-0.2, 0) is 11.2 Å². The van der Waals surface area contributed by atoms with Gasteiger partial charge < -0.3 is 19.9 Å². The fourth-order valence-electron chi connectivity index (χ4n) is 1.98. The van der Waals surface area contributed by atoms with Crippen LogP contribution in [-0.4, -0.2) is 48.9 Å². The Morgan fingerprint density at radius 2 is 2.12 bits per heavy atom. The zero-order valence-corrected chi connectivity index (χ0v) is 18.5. The third-order valence-electron chi connectivity index (χ3n) is 3.64. The number of nitrogens with zero attached hydrogens (tertiary/aromatic N) is 3. The molecule has 0 bridgehead atoms. The number of rotatable bonds is 7. The maximum Gasteiger partial charge on any atom is 0.228 e. The summed E-state index contributed by atoms with van der Waals surface area (Å²) < 4.78 is 10.7. The van der Waals surface area contributed by atoms with Crippen molar-refractivity contribution in [3.05, 3.63) is 35.2 Å². The summed E-state index contributed by atoms with van der Waals surface area (Å²) in [5.74, 6) is 1.77. The summed E-state index contributed by atoms with van der Waals surface area (Å²) in [5, 5.41) is 11.1. The minimum Gasteiger partial charge on any atom is -0.377 e. The summed E-state index contributed by atoms with van der Waals surface area (Å²) in [6.07, 6.45) is 0.585. The number of ether oxygens (including phenoxy) is 1. The minimum atomic E-state index is -0.268. The van der Waals surface area contributed by atoms with Crippen LogP contribution in [0.4, 0.5) is 0 Å². The van der Waals surface area contributed by atoms with Gasteiger partial charge in [-0.25, -0.2) is 0 Å². The number of aromatic nitrogens is 2.